The molecule has 0 rings (SSSR count). The van der Waals surface area contributed by atoms with Crippen molar-refractivity contribution in [2.45, 2.75) is 238 Å². The number of amides is 1. The van der Waals surface area contributed by atoms with Crippen LogP contribution in [0.3, 0.4) is 0 Å². The number of carbonyl (C=O) groups excluding carboxylic acids is 2. The molecule has 0 aliphatic heterocycles. The van der Waals surface area contributed by atoms with E-state index < -0.39 is 18.2 Å². The van der Waals surface area contributed by atoms with Gasteiger partial charge in [0, 0.05) is 6.42 Å². The highest BCUT2D eigenvalue weighted by molar-refractivity contribution is 5.77. The zero-order valence-electron chi connectivity index (χ0n) is 40.2. The smallest absolute Gasteiger partial charge is 0.306 e. The highest BCUT2D eigenvalue weighted by Gasteiger charge is 2.24. The molecule has 0 aliphatic carbocycles. The highest BCUT2D eigenvalue weighted by atomic mass is 16.5. The average Bonchev–Trinajstić information content (AvgIpc) is 3.26. The summed E-state index contributed by atoms with van der Waals surface area (Å²) in [5, 5.41) is 23.7. The fraction of sp³-hybridized carbons (Fsp3) is 0.679. The van der Waals surface area contributed by atoms with Crippen LogP contribution in [0.25, 0.3) is 0 Å². The fourth-order valence-corrected chi connectivity index (χ4v) is 7.12. The van der Waals surface area contributed by atoms with Gasteiger partial charge in [0.05, 0.1) is 25.2 Å². The molecule has 3 N–H and O–H groups in total. The van der Waals surface area contributed by atoms with Crippen molar-refractivity contribution in [2.75, 3.05) is 6.61 Å². The maximum atomic E-state index is 13.2. The van der Waals surface area contributed by atoms with E-state index in [9.17, 15) is 19.8 Å². The molecule has 0 aromatic rings. The monoisotopic (exact) mass is 862 g/mol. The third-order valence-corrected chi connectivity index (χ3v) is 10.9. The van der Waals surface area contributed by atoms with Gasteiger partial charge < -0.3 is 20.3 Å². The molecule has 0 saturated heterocycles. The summed E-state index contributed by atoms with van der Waals surface area (Å²) < 4.78 is 5.91. The summed E-state index contributed by atoms with van der Waals surface area (Å²) in [4.78, 5) is 26.1. The van der Waals surface area contributed by atoms with E-state index in [1.807, 2.05) is 0 Å². The Morgan fingerprint density at radius 3 is 1.32 bits per heavy atom. The number of allylic oxidation sites excluding steroid dienone is 16. The SMILES string of the molecule is CC/C=C\C/C=C\C/C=C\C/C=C\C/C=C\CCCCCC(=O)OC(CCCCCC/C=C/C/C=C/C/C=C/CC)CC(=O)NC(CO)C(O)CCCCCCCCCCCC. The number of carbonyl (C=O) groups is 2. The van der Waals surface area contributed by atoms with Crippen LogP contribution in [-0.2, 0) is 14.3 Å². The normalized spacial score (nSPS) is 14.1. The van der Waals surface area contributed by atoms with Crippen LogP contribution < -0.4 is 5.32 Å². The lowest BCUT2D eigenvalue weighted by Gasteiger charge is -2.24. The molecule has 0 aromatic carbocycles. The van der Waals surface area contributed by atoms with Crippen LogP contribution in [0.15, 0.2) is 97.2 Å². The minimum absolute atomic E-state index is 0.0434. The maximum absolute atomic E-state index is 13.2. The molecule has 3 atom stereocenters. The van der Waals surface area contributed by atoms with Gasteiger partial charge in [0.1, 0.15) is 6.10 Å². The van der Waals surface area contributed by atoms with E-state index in [4.69, 9.17) is 4.74 Å². The molecule has 0 spiro atoms. The minimum Gasteiger partial charge on any atom is -0.462 e. The summed E-state index contributed by atoms with van der Waals surface area (Å²) in [6, 6.07) is -0.721. The summed E-state index contributed by atoms with van der Waals surface area (Å²) in [6.07, 6.45) is 64.7. The number of aliphatic hydroxyl groups is 2. The molecule has 6 heteroatoms. The van der Waals surface area contributed by atoms with Gasteiger partial charge in [-0.05, 0) is 103 Å². The average molecular weight is 862 g/mol. The Balaban J connectivity index is 4.69. The lowest BCUT2D eigenvalue weighted by Crippen LogP contribution is -2.46. The first-order valence-corrected chi connectivity index (χ1v) is 25.5. The number of esters is 1. The predicted molar refractivity (Wildman–Crippen MR) is 268 cm³/mol. The van der Waals surface area contributed by atoms with Crippen LogP contribution >= 0.6 is 0 Å². The second-order valence-electron chi connectivity index (χ2n) is 16.8. The van der Waals surface area contributed by atoms with Crippen LogP contribution in [-0.4, -0.2) is 46.9 Å². The Labute approximate surface area is 382 Å². The fourth-order valence-electron chi connectivity index (χ4n) is 7.12. The molecular formula is C56H95NO5. The summed E-state index contributed by atoms with van der Waals surface area (Å²) in [5.74, 6) is -0.542. The standard InChI is InChI=1S/C56H95NO5/c1-4-7-10-13-16-19-22-24-26-27-28-29-30-32-34-37-40-43-46-49-56(61)62-52(47-44-41-38-35-33-31-25-23-20-17-14-11-8-5-2)50-55(60)57-53(51-58)54(59)48-45-42-39-36-21-18-15-12-9-6-3/h7-8,10-11,16-17,19-20,24-26,28-29,31-32,34,52-54,58-59H,4-6,9,12-15,18,21-23,27,30,33,35-51H2,1-3H3,(H,57,60)/b10-7-,11-8+,19-16-,20-17+,26-24-,29-28-,31-25+,34-32-. The number of hydrogen-bond acceptors (Lipinski definition) is 5. The van der Waals surface area contributed by atoms with E-state index >= 15 is 0 Å². The van der Waals surface area contributed by atoms with Gasteiger partial charge in [-0.3, -0.25) is 9.59 Å². The Morgan fingerprint density at radius 1 is 0.484 bits per heavy atom. The van der Waals surface area contributed by atoms with Crippen molar-refractivity contribution < 1.29 is 24.5 Å². The Morgan fingerprint density at radius 2 is 0.871 bits per heavy atom. The molecule has 0 aromatic heterocycles. The lowest BCUT2D eigenvalue weighted by atomic mass is 10.0. The zero-order valence-corrected chi connectivity index (χ0v) is 40.2. The van der Waals surface area contributed by atoms with Crippen molar-refractivity contribution >= 4 is 11.9 Å². The molecule has 0 bridgehead atoms. The molecule has 0 fully saturated rings. The first kappa shape index (κ1) is 58.8. The molecule has 0 radical (unpaired) electrons. The van der Waals surface area contributed by atoms with Gasteiger partial charge in [0.2, 0.25) is 5.91 Å². The Bertz CT molecular complexity index is 1240. The largest absolute Gasteiger partial charge is 0.462 e. The zero-order chi connectivity index (χ0) is 45.2. The molecule has 1 amide bonds. The minimum atomic E-state index is -0.804. The summed E-state index contributed by atoms with van der Waals surface area (Å²) >= 11 is 0. The van der Waals surface area contributed by atoms with Crippen molar-refractivity contribution in [3.63, 3.8) is 0 Å². The molecule has 0 heterocycles. The van der Waals surface area contributed by atoms with Crippen molar-refractivity contribution in [3.8, 4) is 0 Å². The Hall–Kier alpha value is -3.22. The van der Waals surface area contributed by atoms with Crippen LogP contribution in [0.1, 0.15) is 220 Å². The first-order chi connectivity index (χ1) is 30.5. The van der Waals surface area contributed by atoms with Crippen LogP contribution in [0.2, 0.25) is 0 Å². The number of nitrogens with one attached hydrogen (secondary N) is 1. The molecule has 3 unspecified atom stereocenters. The quantitative estimate of drug-likeness (QED) is 0.0322. The molecular weight excluding hydrogens is 767 g/mol. The van der Waals surface area contributed by atoms with Gasteiger partial charge in [-0.15, -0.1) is 0 Å². The van der Waals surface area contributed by atoms with Gasteiger partial charge >= 0.3 is 5.97 Å². The van der Waals surface area contributed by atoms with E-state index in [1.165, 1.54) is 44.9 Å². The van der Waals surface area contributed by atoms with Gasteiger partial charge in [-0.2, -0.15) is 0 Å². The summed E-state index contributed by atoms with van der Waals surface area (Å²) in [7, 11) is 0. The van der Waals surface area contributed by atoms with Crippen molar-refractivity contribution in [1.29, 1.82) is 0 Å². The third-order valence-electron chi connectivity index (χ3n) is 10.9. The number of unbranched alkanes of at least 4 members (excludes halogenated alkanes) is 16. The molecule has 0 saturated carbocycles. The predicted octanol–water partition coefficient (Wildman–Crippen LogP) is 15.3. The topological polar surface area (TPSA) is 95.9 Å². The number of aliphatic hydroxyl groups excluding tert-OH is 2. The van der Waals surface area contributed by atoms with Crippen LogP contribution in [0, 0.1) is 0 Å². The molecule has 354 valence electrons. The number of ether oxygens (including phenoxy) is 1. The van der Waals surface area contributed by atoms with Gasteiger partial charge in [-0.1, -0.05) is 201 Å². The van der Waals surface area contributed by atoms with E-state index in [-0.39, 0.29) is 24.9 Å². The summed E-state index contributed by atoms with van der Waals surface area (Å²) in [5.41, 5.74) is 0. The van der Waals surface area contributed by atoms with Crippen molar-refractivity contribution in [1.82, 2.24) is 5.32 Å². The first-order valence-electron chi connectivity index (χ1n) is 25.5. The maximum Gasteiger partial charge on any atom is 0.306 e. The summed E-state index contributed by atoms with van der Waals surface area (Å²) in [6.45, 7) is 6.22. The molecule has 62 heavy (non-hydrogen) atoms. The van der Waals surface area contributed by atoms with E-state index in [0.29, 0.717) is 19.3 Å². The Kier molecular flexibility index (Phi) is 46.3. The number of rotatable bonds is 44. The van der Waals surface area contributed by atoms with Crippen molar-refractivity contribution in [2.24, 2.45) is 0 Å². The van der Waals surface area contributed by atoms with Gasteiger partial charge in [-0.25, -0.2) is 0 Å². The number of hydrogen-bond donors (Lipinski definition) is 3. The second-order valence-corrected chi connectivity index (χ2v) is 16.8. The second kappa shape index (κ2) is 48.8. The van der Waals surface area contributed by atoms with Gasteiger partial charge in [0.15, 0.2) is 0 Å². The molecule has 0 aliphatic rings. The third kappa shape index (κ3) is 43.4. The lowest BCUT2D eigenvalue weighted by molar-refractivity contribution is -0.151. The van der Waals surface area contributed by atoms with Crippen molar-refractivity contribution in [3.05, 3.63) is 97.2 Å². The molecule has 6 nitrogen and oxygen atoms in total. The van der Waals surface area contributed by atoms with E-state index in [1.54, 1.807) is 0 Å². The van der Waals surface area contributed by atoms with Crippen LogP contribution in [0.5, 0.6) is 0 Å². The van der Waals surface area contributed by atoms with E-state index in [0.717, 1.165) is 128 Å². The van der Waals surface area contributed by atoms with Gasteiger partial charge in [0.25, 0.3) is 0 Å². The highest BCUT2D eigenvalue weighted by Crippen LogP contribution is 2.17. The van der Waals surface area contributed by atoms with E-state index in [2.05, 4.69) is 123 Å². The van der Waals surface area contributed by atoms with Crippen LogP contribution in [0.4, 0.5) is 0 Å².